The van der Waals surface area contributed by atoms with Crippen molar-refractivity contribution in [3.05, 3.63) is 23.8 Å². The first-order chi connectivity index (χ1) is 13.1. The number of hydrogen-bond acceptors (Lipinski definition) is 4. The molecule has 0 aliphatic heterocycles. The number of unbranched alkanes of at least 4 members (excludes halogenated alkanes) is 1. The van der Waals surface area contributed by atoms with E-state index in [0.29, 0.717) is 30.8 Å². The van der Waals surface area contributed by atoms with Crippen LogP contribution in [-0.2, 0) is 9.53 Å². The minimum absolute atomic E-state index is 0.103. The van der Waals surface area contributed by atoms with E-state index in [9.17, 15) is 15.0 Å². The quantitative estimate of drug-likeness (QED) is 0.379. The summed E-state index contributed by atoms with van der Waals surface area (Å²) in [5.41, 5.74) is 1.48. The second kappa shape index (κ2) is 9.88. The Balaban J connectivity index is 1.48. The smallest absolute Gasteiger partial charge is 0.305 e. The van der Waals surface area contributed by atoms with Gasteiger partial charge in [0.05, 0.1) is 18.8 Å². The maximum atomic E-state index is 11.4. The molecule has 3 saturated carbocycles. The van der Waals surface area contributed by atoms with Crippen molar-refractivity contribution < 1.29 is 19.7 Å². The van der Waals surface area contributed by atoms with E-state index in [1.165, 1.54) is 18.4 Å². The average Bonchev–Trinajstić information content (AvgIpc) is 3.34. The summed E-state index contributed by atoms with van der Waals surface area (Å²) in [4.78, 5) is 11.4. The fourth-order valence-electron chi connectivity index (χ4n) is 5.42. The van der Waals surface area contributed by atoms with Crippen LogP contribution >= 0.6 is 0 Å². The second-order valence-electron chi connectivity index (χ2n) is 8.69. The van der Waals surface area contributed by atoms with Crippen molar-refractivity contribution in [2.24, 2.45) is 23.7 Å². The van der Waals surface area contributed by atoms with Gasteiger partial charge in [0, 0.05) is 12.3 Å². The monoisotopic (exact) mass is 376 g/mol. The molecular weight excluding hydrogens is 340 g/mol. The van der Waals surface area contributed by atoms with Crippen molar-refractivity contribution >= 4 is 5.97 Å². The second-order valence-corrected chi connectivity index (χ2v) is 8.69. The normalized spacial score (nSPS) is 33.8. The van der Waals surface area contributed by atoms with Gasteiger partial charge >= 0.3 is 5.97 Å². The van der Waals surface area contributed by atoms with Crippen LogP contribution in [0.25, 0.3) is 0 Å². The minimum Gasteiger partial charge on any atom is -0.466 e. The van der Waals surface area contributed by atoms with E-state index in [-0.39, 0.29) is 24.1 Å². The van der Waals surface area contributed by atoms with Gasteiger partial charge in [0.1, 0.15) is 0 Å². The van der Waals surface area contributed by atoms with Crippen LogP contribution in [0.5, 0.6) is 0 Å². The number of rotatable bonds is 8. The number of carbonyl (C=O) groups excluding carboxylic acids is 1. The summed E-state index contributed by atoms with van der Waals surface area (Å²) in [6.45, 7) is 2.29. The van der Waals surface area contributed by atoms with Crippen LogP contribution in [0.15, 0.2) is 23.8 Å². The van der Waals surface area contributed by atoms with Crippen LogP contribution < -0.4 is 0 Å². The molecule has 0 heterocycles. The van der Waals surface area contributed by atoms with Gasteiger partial charge in [-0.15, -0.1) is 0 Å². The van der Waals surface area contributed by atoms with Gasteiger partial charge in [-0.05, 0) is 69.6 Å². The summed E-state index contributed by atoms with van der Waals surface area (Å²) in [6.07, 6.45) is 15.8. The van der Waals surface area contributed by atoms with Crippen molar-refractivity contribution in [1.29, 1.82) is 0 Å². The van der Waals surface area contributed by atoms with Crippen molar-refractivity contribution in [1.82, 2.24) is 0 Å². The molecule has 0 radical (unpaired) electrons. The highest BCUT2D eigenvalue weighted by atomic mass is 16.5. The Morgan fingerprint density at radius 2 is 2.07 bits per heavy atom. The molecule has 0 spiro atoms. The third kappa shape index (κ3) is 5.45. The number of carbonyl (C=O) groups is 1. The Bertz CT molecular complexity index is 547. The minimum atomic E-state index is -0.349. The molecule has 0 unspecified atom stereocenters. The summed E-state index contributed by atoms with van der Waals surface area (Å²) in [5.74, 6) is 1.55. The fraction of sp³-hybridized carbons (Fsp3) is 0.783. The van der Waals surface area contributed by atoms with Gasteiger partial charge < -0.3 is 14.9 Å². The molecule has 0 aromatic rings. The fourth-order valence-corrected chi connectivity index (χ4v) is 5.42. The molecule has 2 N–H and O–H groups in total. The van der Waals surface area contributed by atoms with Crippen molar-refractivity contribution in [2.75, 3.05) is 6.61 Å². The Kier molecular flexibility index (Phi) is 7.54. The molecule has 4 heteroatoms. The van der Waals surface area contributed by atoms with E-state index in [2.05, 4.69) is 12.2 Å². The number of ether oxygens (including phenoxy) is 1. The summed E-state index contributed by atoms with van der Waals surface area (Å²) >= 11 is 0. The number of fused-ring (bicyclic) bond motifs is 1. The standard InChI is InChI=1S/C23H36O4/c1-2-27-23(26)10-6-3-7-16-13-18-15-22(25)19(20(18)14-16)11-12-21(24)17-8-4-5-9-17/h7,11-12,17-22,24-25H,2-6,8-10,13-15H2,1H3/t18-,19-,20-,21+,22+/m0/s1. The number of allylic oxidation sites excluding steroid dienone is 2. The summed E-state index contributed by atoms with van der Waals surface area (Å²) < 4.78 is 4.97. The molecule has 0 bridgehead atoms. The van der Waals surface area contributed by atoms with Gasteiger partial charge in [-0.1, -0.05) is 36.6 Å². The maximum Gasteiger partial charge on any atom is 0.305 e. The van der Waals surface area contributed by atoms with E-state index < -0.39 is 0 Å². The summed E-state index contributed by atoms with van der Waals surface area (Å²) in [5, 5.41) is 20.9. The SMILES string of the molecule is CCOC(=O)CCCC=C1C[C@H]2C[C@@H](O)[C@@H](C=C[C@@H](O)C3CCCC3)[C@H]2C1. The van der Waals surface area contributed by atoms with Crippen LogP contribution in [0.2, 0.25) is 0 Å². The molecule has 3 fully saturated rings. The Morgan fingerprint density at radius 3 is 2.81 bits per heavy atom. The molecule has 4 nitrogen and oxygen atoms in total. The van der Waals surface area contributed by atoms with Gasteiger partial charge in [-0.2, -0.15) is 0 Å². The highest BCUT2D eigenvalue weighted by molar-refractivity contribution is 5.69. The van der Waals surface area contributed by atoms with Crippen molar-refractivity contribution in [3.8, 4) is 0 Å². The van der Waals surface area contributed by atoms with E-state index in [0.717, 1.165) is 44.9 Å². The third-order valence-corrected chi connectivity index (χ3v) is 6.85. The van der Waals surface area contributed by atoms with E-state index in [1.54, 1.807) is 0 Å². The lowest BCUT2D eigenvalue weighted by molar-refractivity contribution is -0.143. The van der Waals surface area contributed by atoms with E-state index in [4.69, 9.17) is 4.74 Å². The molecule has 5 atom stereocenters. The Labute approximate surface area is 163 Å². The molecule has 0 amide bonds. The zero-order chi connectivity index (χ0) is 19.2. The van der Waals surface area contributed by atoms with Gasteiger partial charge in [0.2, 0.25) is 0 Å². The first-order valence-corrected chi connectivity index (χ1v) is 11.0. The molecular formula is C23H36O4. The molecule has 27 heavy (non-hydrogen) atoms. The highest BCUT2D eigenvalue weighted by Gasteiger charge is 2.45. The van der Waals surface area contributed by atoms with E-state index >= 15 is 0 Å². The van der Waals surface area contributed by atoms with Crippen LogP contribution in [-0.4, -0.2) is 35.0 Å². The van der Waals surface area contributed by atoms with Gasteiger partial charge in [-0.3, -0.25) is 4.79 Å². The maximum absolute atomic E-state index is 11.4. The van der Waals surface area contributed by atoms with E-state index in [1.807, 2.05) is 13.0 Å². The molecule has 3 aliphatic carbocycles. The lowest BCUT2D eigenvalue weighted by atomic mass is 9.89. The summed E-state index contributed by atoms with van der Waals surface area (Å²) in [7, 11) is 0. The molecule has 0 saturated heterocycles. The first kappa shape index (κ1) is 20.6. The topological polar surface area (TPSA) is 66.8 Å². The third-order valence-electron chi connectivity index (χ3n) is 6.85. The van der Waals surface area contributed by atoms with Crippen LogP contribution in [0.4, 0.5) is 0 Å². The van der Waals surface area contributed by atoms with Gasteiger partial charge in [0.15, 0.2) is 0 Å². The Hall–Kier alpha value is -1.13. The lowest BCUT2D eigenvalue weighted by Crippen LogP contribution is -2.19. The van der Waals surface area contributed by atoms with Crippen LogP contribution in [0.1, 0.15) is 71.1 Å². The molecule has 0 aromatic heterocycles. The highest BCUT2D eigenvalue weighted by Crippen LogP contribution is 2.50. The predicted octanol–water partition coefficient (Wildman–Crippen LogP) is 4.16. The molecule has 3 aliphatic rings. The lowest BCUT2D eigenvalue weighted by Gasteiger charge is -2.19. The van der Waals surface area contributed by atoms with Crippen LogP contribution in [0.3, 0.4) is 0 Å². The van der Waals surface area contributed by atoms with Crippen LogP contribution in [0, 0.1) is 23.7 Å². The number of esters is 1. The zero-order valence-electron chi connectivity index (χ0n) is 16.7. The first-order valence-electron chi connectivity index (χ1n) is 11.0. The van der Waals surface area contributed by atoms with Crippen molar-refractivity contribution in [3.63, 3.8) is 0 Å². The number of aliphatic hydroxyl groups excluding tert-OH is 2. The Morgan fingerprint density at radius 1 is 1.30 bits per heavy atom. The predicted molar refractivity (Wildman–Crippen MR) is 106 cm³/mol. The zero-order valence-corrected chi connectivity index (χ0v) is 16.7. The van der Waals surface area contributed by atoms with Gasteiger partial charge in [-0.25, -0.2) is 0 Å². The average molecular weight is 377 g/mol. The molecule has 0 aromatic carbocycles. The summed E-state index contributed by atoms with van der Waals surface area (Å²) in [6, 6.07) is 0. The van der Waals surface area contributed by atoms with Gasteiger partial charge in [0.25, 0.3) is 0 Å². The van der Waals surface area contributed by atoms with Crippen molar-refractivity contribution in [2.45, 2.75) is 83.3 Å². The number of hydrogen-bond donors (Lipinski definition) is 2. The molecule has 3 rings (SSSR count). The largest absolute Gasteiger partial charge is 0.466 e. The molecule has 152 valence electrons. The number of aliphatic hydroxyl groups is 2.